The Morgan fingerprint density at radius 2 is 1.97 bits per heavy atom. The van der Waals surface area contributed by atoms with Crippen molar-refractivity contribution in [1.82, 2.24) is 19.6 Å². The van der Waals surface area contributed by atoms with Gasteiger partial charge in [-0.3, -0.25) is 4.79 Å². The fraction of sp³-hybridized carbons (Fsp3) is 0.500. The maximum atomic E-state index is 13.2. The number of piperazine rings is 1. The Hall–Kier alpha value is -2.69. The van der Waals surface area contributed by atoms with Gasteiger partial charge in [-0.05, 0) is 62.8 Å². The Morgan fingerprint density at radius 3 is 2.62 bits per heavy atom. The molecule has 1 aromatic carbocycles. The predicted molar refractivity (Wildman–Crippen MR) is 135 cm³/mol. The minimum absolute atomic E-state index is 0.0648. The molecule has 2 aliphatic rings. The fourth-order valence-electron chi connectivity index (χ4n) is 4.69. The largest absolute Gasteiger partial charge is 0.373 e. The lowest BCUT2D eigenvalue weighted by Crippen LogP contribution is -2.55. The van der Waals surface area contributed by atoms with Gasteiger partial charge in [0.05, 0.1) is 11.9 Å². The number of hydrogen-bond donors (Lipinski definition) is 4. The Balaban J connectivity index is 1.60. The van der Waals surface area contributed by atoms with Gasteiger partial charge in [0.25, 0.3) is 5.91 Å². The SMILES string of the molecule is CNc1cnc(C(=O)Nc2ccc(CS(=O)(=O)N3CC(C)N[C@@H](C)C3)cc2C2=CCCCC2)[nH]1. The van der Waals surface area contributed by atoms with Crippen LogP contribution in [0, 0.1) is 0 Å². The van der Waals surface area contributed by atoms with Gasteiger partial charge in [-0.25, -0.2) is 13.4 Å². The van der Waals surface area contributed by atoms with Crippen molar-refractivity contribution < 1.29 is 13.2 Å². The fourth-order valence-corrected chi connectivity index (χ4v) is 6.37. The highest BCUT2D eigenvalue weighted by molar-refractivity contribution is 7.88. The Bertz CT molecular complexity index is 1160. The molecule has 1 amide bonds. The van der Waals surface area contributed by atoms with Gasteiger partial charge in [0, 0.05) is 43.5 Å². The molecule has 0 spiro atoms. The number of benzene rings is 1. The van der Waals surface area contributed by atoms with E-state index < -0.39 is 10.0 Å². The first-order chi connectivity index (χ1) is 16.2. The van der Waals surface area contributed by atoms with Crippen molar-refractivity contribution >= 4 is 33.0 Å². The highest BCUT2D eigenvalue weighted by Gasteiger charge is 2.30. The summed E-state index contributed by atoms with van der Waals surface area (Å²) in [6.45, 7) is 4.94. The minimum atomic E-state index is -3.46. The number of rotatable bonds is 7. The Labute approximate surface area is 201 Å². The molecule has 0 saturated carbocycles. The van der Waals surface area contributed by atoms with Crippen LogP contribution in [0.15, 0.2) is 30.5 Å². The molecule has 1 fully saturated rings. The molecule has 9 nitrogen and oxygen atoms in total. The molecule has 4 N–H and O–H groups in total. The van der Waals surface area contributed by atoms with Crippen LogP contribution in [-0.4, -0.2) is 60.8 Å². The van der Waals surface area contributed by atoms with E-state index in [1.54, 1.807) is 29.7 Å². The molecule has 0 radical (unpaired) electrons. The molecular weight excluding hydrogens is 452 g/mol. The lowest BCUT2D eigenvalue weighted by atomic mass is 9.91. The number of amides is 1. The molecule has 0 bridgehead atoms. The molecule has 2 aromatic rings. The first-order valence-electron chi connectivity index (χ1n) is 11.9. The lowest BCUT2D eigenvalue weighted by molar-refractivity contribution is 0.101. The molecule has 4 rings (SSSR count). The van der Waals surface area contributed by atoms with Crippen molar-refractivity contribution in [2.45, 2.75) is 57.4 Å². The summed E-state index contributed by atoms with van der Waals surface area (Å²) in [7, 11) is -1.72. The van der Waals surface area contributed by atoms with Crippen molar-refractivity contribution in [1.29, 1.82) is 0 Å². The number of aromatic amines is 1. The van der Waals surface area contributed by atoms with E-state index in [1.165, 1.54) is 0 Å². The number of aromatic nitrogens is 2. The van der Waals surface area contributed by atoms with Crippen molar-refractivity contribution in [3.8, 4) is 0 Å². The smallest absolute Gasteiger partial charge is 0.291 e. The summed E-state index contributed by atoms with van der Waals surface area (Å²) in [6, 6.07) is 5.74. The normalized spacial score (nSPS) is 21.7. The first kappa shape index (κ1) is 24.4. The Kier molecular flexibility index (Phi) is 7.39. The average molecular weight is 487 g/mol. The van der Waals surface area contributed by atoms with Gasteiger partial charge in [-0.2, -0.15) is 4.31 Å². The summed E-state index contributed by atoms with van der Waals surface area (Å²) < 4.78 is 28.0. The van der Waals surface area contributed by atoms with E-state index in [4.69, 9.17) is 0 Å². The molecule has 10 heteroatoms. The van der Waals surface area contributed by atoms with Crippen LogP contribution in [0.5, 0.6) is 0 Å². The van der Waals surface area contributed by atoms with Gasteiger partial charge in [0.2, 0.25) is 10.0 Å². The average Bonchev–Trinajstić information content (AvgIpc) is 3.29. The quantitative estimate of drug-likeness (QED) is 0.477. The third-order valence-corrected chi connectivity index (χ3v) is 8.08. The van der Waals surface area contributed by atoms with E-state index in [0.717, 1.165) is 36.8 Å². The second-order valence-electron chi connectivity index (χ2n) is 9.25. The number of nitrogens with one attached hydrogen (secondary N) is 4. The number of carbonyl (C=O) groups is 1. The zero-order chi connectivity index (χ0) is 24.3. The third-order valence-electron chi connectivity index (χ3n) is 6.30. The van der Waals surface area contributed by atoms with Crippen molar-refractivity contribution in [3.63, 3.8) is 0 Å². The second kappa shape index (κ2) is 10.3. The zero-order valence-corrected chi connectivity index (χ0v) is 20.8. The van der Waals surface area contributed by atoms with Crippen LogP contribution >= 0.6 is 0 Å². The van der Waals surface area contributed by atoms with Crippen LogP contribution in [0.2, 0.25) is 0 Å². The minimum Gasteiger partial charge on any atom is -0.373 e. The van der Waals surface area contributed by atoms with Crippen LogP contribution < -0.4 is 16.0 Å². The number of H-pyrrole nitrogens is 1. The monoisotopic (exact) mass is 486 g/mol. The molecule has 34 heavy (non-hydrogen) atoms. The van der Waals surface area contributed by atoms with Crippen molar-refractivity contribution in [3.05, 3.63) is 47.4 Å². The Morgan fingerprint density at radius 1 is 1.21 bits per heavy atom. The maximum Gasteiger partial charge on any atom is 0.291 e. The highest BCUT2D eigenvalue weighted by atomic mass is 32.2. The van der Waals surface area contributed by atoms with Gasteiger partial charge in [-0.1, -0.05) is 12.1 Å². The highest BCUT2D eigenvalue weighted by Crippen LogP contribution is 2.33. The third kappa shape index (κ3) is 5.68. The zero-order valence-electron chi connectivity index (χ0n) is 20.0. The predicted octanol–water partition coefficient (Wildman–Crippen LogP) is 3.17. The van der Waals surface area contributed by atoms with Crippen LogP contribution in [-0.2, 0) is 15.8 Å². The number of sulfonamides is 1. The van der Waals surface area contributed by atoms with Crippen LogP contribution in [0.25, 0.3) is 5.57 Å². The van der Waals surface area contributed by atoms with Crippen molar-refractivity contribution in [2.75, 3.05) is 30.8 Å². The summed E-state index contributed by atoms with van der Waals surface area (Å²) in [5.74, 6) is 0.451. The van der Waals surface area contributed by atoms with E-state index in [1.807, 2.05) is 19.9 Å². The number of nitrogens with zero attached hydrogens (tertiary/aromatic N) is 2. The molecule has 2 atom stereocenters. The number of allylic oxidation sites excluding steroid dienone is 2. The standard InChI is InChI=1S/C24H34N6O3S/c1-16-13-30(14-17(2)27-16)34(32,33)15-18-9-10-21(20(11-18)19-7-5-4-6-8-19)28-24(31)23-26-12-22(25-3)29-23/h7,9-12,16-17,25,27H,4-6,8,13-15H2,1-3H3,(H,26,29)(H,28,31)/t16-,17?/m0/s1. The van der Waals surface area contributed by atoms with E-state index in [2.05, 4.69) is 32.0 Å². The number of imidazole rings is 1. The van der Waals surface area contributed by atoms with Gasteiger partial charge in [0.1, 0.15) is 5.82 Å². The van der Waals surface area contributed by atoms with Gasteiger partial charge < -0.3 is 20.9 Å². The summed E-state index contributed by atoms with van der Waals surface area (Å²) in [4.78, 5) is 19.8. The first-order valence-corrected chi connectivity index (χ1v) is 13.5. The maximum absolute atomic E-state index is 13.2. The van der Waals surface area contributed by atoms with E-state index >= 15 is 0 Å². The number of hydrogen-bond acceptors (Lipinski definition) is 6. The molecule has 1 aromatic heterocycles. The molecule has 1 unspecified atom stereocenters. The summed E-state index contributed by atoms with van der Waals surface area (Å²) in [5.41, 5.74) is 3.39. The topological polar surface area (TPSA) is 119 Å². The molecule has 1 aliphatic heterocycles. The van der Waals surface area contributed by atoms with E-state index in [9.17, 15) is 13.2 Å². The summed E-state index contributed by atoms with van der Waals surface area (Å²) in [6.07, 6.45) is 7.84. The molecule has 2 heterocycles. The molecule has 1 aliphatic carbocycles. The lowest BCUT2D eigenvalue weighted by Gasteiger charge is -2.35. The van der Waals surface area contributed by atoms with Crippen LogP contribution in [0.4, 0.5) is 11.5 Å². The summed E-state index contributed by atoms with van der Waals surface area (Å²) in [5, 5.41) is 9.25. The van der Waals surface area contributed by atoms with E-state index in [0.29, 0.717) is 30.2 Å². The van der Waals surface area contributed by atoms with Crippen LogP contribution in [0.1, 0.15) is 61.3 Å². The van der Waals surface area contributed by atoms with Gasteiger partial charge in [0.15, 0.2) is 5.82 Å². The number of anilines is 2. The second-order valence-corrected chi connectivity index (χ2v) is 11.2. The molecule has 184 valence electrons. The van der Waals surface area contributed by atoms with Crippen LogP contribution in [0.3, 0.4) is 0 Å². The van der Waals surface area contributed by atoms with Gasteiger partial charge in [-0.15, -0.1) is 0 Å². The van der Waals surface area contributed by atoms with E-state index in [-0.39, 0.29) is 29.6 Å². The molecular formula is C24H34N6O3S. The summed E-state index contributed by atoms with van der Waals surface area (Å²) >= 11 is 0. The number of carbonyl (C=O) groups excluding carboxylic acids is 1. The van der Waals surface area contributed by atoms with Gasteiger partial charge >= 0.3 is 0 Å². The molecule has 1 saturated heterocycles. The van der Waals surface area contributed by atoms with Crippen molar-refractivity contribution in [2.24, 2.45) is 0 Å².